The van der Waals surface area contributed by atoms with Gasteiger partial charge >= 0.3 is 8.16 Å². The van der Waals surface area contributed by atoms with E-state index in [2.05, 4.69) is 430 Å². The summed E-state index contributed by atoms with van der Waals surface area (Å²) >= 11 is 0. The molecule has 5 nitrogen and oxygen atoms in total. The molecule has 538 valence electrons. The third kappa shape index (κ3) is 18.0. The summed E-state index contributed by atoms with van der Waals surface area (Å²) in [4.78, 5) is 0. The third-order valence-electron chi connectivity index (χ3n) is 19.6. The lowest BCUT2D eigenvalue weighted by molar-refractivity contribution is 0.630. The third-order valence-corrected chi connectivity index (χ3v) is 29.5. The molecule has 0 aliphatic heterocycles. The summed E-state index contributed by atoms with van der Waals surface area (Å²) < 4.78 is 14.1. The molecule has 0 aliphatic carbocycles. The highest BCUT2D eigenvalue weighted by atomic mass is 31.1. The number of fused-ring (bicyclic) bond motifs is 7. The van der Waals surface area contributed by atoms with Gasteiger partial charge in [-0.3, -0.25) is 0 Å². The minimum atomic E-state index is -1.67. The maximum atomic E-state index is 7.06. The largest absolute Gasteiger partial charge is 0.408 e. The number of hydrogen-bond donors (Lipinski definition) is 3. The molecule has 1 aromatic heterocycles. The highest BCUT2D eigenvalue weighted by molar-refractivity contribution is 7.74. The van der Waals surface area contributed by atoms with Crippen molar-refractivity contribution in [3.8, 4) is 0 Å². The van der Waals surface area contributed by atoms with Crippen molar-refractivity contribution >= 4 is 107 Å². The van der Waals surface area contributed by atoms with Crippen molar-refractivity contribution in [2.75, 3.05) is 5.09 Å². The van der Waals surface area contributed by atoms with Gasteiger partial charge in [-0.05, 0) is 123 Å². The van der Waals surface area contributed by atoms with Gasteiger partial charge in [0.1, 0.15) is 11.2 Å². The predicted octanol–water partition coefficient (Wildman–Crippen LogP) is 25.1. The highest BCUT2D eigenvalue weighted by Crippen LogP contribution is 2.59. The van der Waals surface area contributed by atoms with E-state index in [1.807, 2.05) is 12.1 Å². The van der Waals surface area contributed by atoms with Crippen LogP contribution in [0.1, 0.15) is 83.3 Å². The van der Waals surface area contributed by atoms with Crippen LogP contribution in [0.3, 0.4) is 0 Å². The number of hydrogen-bond acceptors (Lipinski definition) is 5. The van der Waals surface area contributed by atoms with Crippen molar-refractivity contribution in [3.05, 3.63) is 470 Å². The molecule has 1 heterocycles. The Bertz CT molecular complexity index is 5230. The second-order valence-electron chi connectivity index (χ2n) is 26.3. The van der Waals surface area contributed by atoms with Crippen molar-refractivity contribution in [1.29, 1.82) is 0 Å². The van der Waals surface area contributed by atoms with E-state index >= 15 is 0 Å². The summed E-state index contributed by atoms with van der Waals surface area (Å²) in [5, 5.41) is 18.8. The molecule has 0 saturated carbocycles. The Balaban J connectivity index is 0.000000154. The Hall–Kier alpha value is -10.9. The van der Waals surface area contributed by atoms with E-state index in [4.69, 9.17) is 19.9 Å². The standard InChI is InChI=1S/C46H35NO2P2.2C26H24NP.2CH4/c1-5-19-35(20-6-1)45(46(36-21-7-2-8-22-36)50(37-23-9-3-10-24-37)38-25-11-4-12-26-38)47-51-48-41-31-29-33-17-13-15-27-39(33)43(41)44-40-28-16-14-18-34(40)30-32-42(44)49-51;2*27-25(21-13-5-1-6-14-21)26(22-15-7-2-8-16-22)28(23-17-9-3-10-18-23)24-19-11-4-12-20-24;;/h1-32,45-47H;2*1-20,25-26H,27H2;2*1H4/t45-,46-;2*25-,26+;;/m010../s1. The molecule has 17 rings (SSSR count). The van der Waals surface area contributed by atoms with E-state index in [0.29, 0.717) is 0 Å². The van der Waals surface area contributed by atoms with Gasteiger partial charge in [0, 0.05) is 39.8 Å². The van der Waals surface area contributed by atoms with Gasteiger partial charge in [0.05, 0.1) is 6.04 Å². The van der Waals surface area contributed by atoms with Crippen LogP contribution in [0.15, 0.2) is 445 Å². The zero-order valence-corrected chi connectivity index (χ0v) is 62.9. The summed E-state index contributed by atoms with van der Waals surface area (Å²) in [6, 6.07) is 155. The second kappa shape index (κ2) is 37.8. The zero-order chi connectivity index (χ0) is 72.4. The van der Waals surface area contributed by atoms with Crippen molar-refractivity contribution in [3.63, 3.8) is 0 Å². The molecule has 6 atom stereocenters. The number of nitrogens with two attached hydrogens (primary N) is 2. The van der Waals surface area contributed by atoms with E-state index < -0.39 is 31.9 Å². The first-order chi connectivity index (χ1) is 53.0. The molecule has 17 aromatic rings. The van der Waals surface area contributed by atoms with E-state index in [0.717, 1.165) is 32.7 Å². The van der Waals surface area contributed by atoms with Crippen LogP contribution in [0.2, 0.25) is 0 Å². The lowest BCUT2D eigenvalue weighted by Gasteiger charge is -2.35. The van der Waals surface area contributed by atoms with Gasteiger partial charge in [-0.2, -0.15) is 0 Å². The summed E-state index contributed by atoms with van der Waals surface area (Å²) in [6.45, 7) is 0. The van der Waals surface area contributed by atoms with Gasteiger partial charge in [0.15, 0.2) is 0 Å². The summed E-state index contributed by atoms with van der Waals surface area (Å²) in [5.41, 5.74) is 23.3. The maximum absolute atomic E-state index is 7.06. The topological polar surface area (TPSA) is 90.3 Å². The Labute approximate surface area is 647 Å². The molecule has 9 heteroatoms. The van der Waals surface area contributed by atoms with Crippen LogP contribution in [0, 0.1) is 0 Å². The van der Waals surface area contributed by atoms with E-state index in [1.54, 1.807) is 0 Å². The molecular formula is C100H91N3O2P4. The smallest absolute Gasteiger partial charge is 0.307 e. The first-order valence-electron chi connectivity index (χ1n) is 36.5. The van der Waals surface area contributed by atoms with Crippen LogP contribution >= 0.6 is 31.9 Å². The molecule has 0 amide bonds. The lowest BCUT2D eigenvalue weighted by Crippen LogP contribution is -2.26. The van der Waals surface area contributed by atoms with Crippen molar-refractivity contribution in [1.82, 2.24) is 0 Å². The average molecular weight is 1490 g/mol. The molecule has 16 aromatic carbocycles. The van der Waals surface area contributed by atoms with Gasteiger partial charge in [-0.15, -0.1) is 0 Å². The molecule has 109 heavy (non-hydrogen) atoms. The van der Waals surface area contributed by atoms with E-state index in [-0.39, 0.29) is 50.0 Å². The van der Waals surface area contributed by atoms with Gasteiger partial charge in [-0.1, -0.05) is 439 Å². The quantitative estimate of drug-likeness (QED) is 0.0662. The zero-order valence-electron chi connectivity index (χ0n) is 59.3. The summed E-state index contributed by atoms with van der Waals surface area (Å²) in [5.74, 6) is 0. The number of rotatable bonds is 20. The fourth-order valence-corrected chi connectivity index (χ4v) is 24.8. The Kier molecular flexibility index (Phi) is 26.4. The fourth-order valence-electron chi connectivity index (χ4n) is 14.7. The van der Waals surface area contributed by atoms with Crippen molar-refractivity contribution in [2.24, 2.45) is 11.5 Å². The monoisotopic (exact) mass is 1490 g/mol. The summed E-state index contributed by atoms with van der Waals surface area (Å²) in [7, 11) is -3.93. The number of benzene rings is 16. The van der Waals surface area contributed by atoms with Gasteiger partial charge in [-0.25, -0.2) is 5.09 Å². The molecule has 0 spiro atoms. The SMILES string of the molecule is C.C.N[C@@H](c1ccccc1)[C@@H](c1ccccc1)P(c1ccccc1)c1ccccc1.N[C@H](c1ccccc1)[C@H](c1ccccc1)P(c1ccccc1)c1ccccc1.c1ccc([C@H](Np2oc3ccc4ccccc4c3c3c(ccc4ccccc43)o2)[C@H](c2ccccc2)P(c2ccccc2)c2ccccc2)cc1. The normalized spacial score (nSPS) is 12.8. The fraction of sp³-hybridized carbons (Fsp3) is 0.0800. The first-order valence-corrected chi connectivity index (χ1v) is 41.9. The second-order valence-corrected chi connectivity index (χ2v) is 34.5. The minimum Gasteiger partial charge on any atom is -0.408 e. The molecule has 5 N–H and O–H groups in total. The van der Waals surface area contributed by atoms with Crippen LogP contribution in [0.4, 0.5) is 0 Å². The average Bonchev–Trinajstić information content (AvgIpc) is 1.69. The van der Waals surface area contributed by atoms with Crippen LogP contribution in [-0.4, -0.2) is 0 Å². The Morgan fingerprint density at radius 3 is 0.734 bits per heavy atom. The van der Waals surface area contributed by atoms with Crippen LogP contribution < -0.4 is 48.4 Å². The Morgan fingerprint density at radius 1 is 0.229 bits per heavy atom. The van der Waals surface area contributed by atoms with Gasteiger partial charge < -0.3 is 19.9 Å². The van der Waals surface area contributed by atoms with Crippen LogP contribution in [0.25, 0.3) is 43.5 Å². The van der Waals surface area contributed by atoms with E-state index in [1.165, 1.54) is 76.0 Å². The molecule has 0 saturated heterocycles. The molecule has 0 fully saturated rings. The van der Waals surface area contributed by atoms with E-state index in [9.17, 15) is 0 Å². The molecule has 0 unspecified atom stereocenters. The minimum absolute atomic E-state index is 0. The summed E-state index contributed by atoms with van der Waals surface area (Å²) in [6.07, 6.45) is 0. The van der Waals surface area contributed by atoms with Gasteiger partial charge in [0.25, 0.3) is 0 Å². The van der Waals surface area contributed by atoms with Crippen LogP contribution in [0.5, 0.6) is 0 Å². The maximum Gasteiger partial charge on any atom is 0.307 e. The number of nitrogens with one attached hydrogen (secondary N) is 1. The van der Waals surface area contributed by atoms with Gasteiger partial charge in [0.2, 0.25) is 0 Å². The molecule has 0 radical (unpaired) electrons. The predicted molar refractivity (Wildman–Crippen MR) is 475 cm³/mol. The molecule has 0 bridgehead atoms. The van der Waals surface area contributed by atoms with Crippen molar-refractivity contribution in [2.45, 2.75) is 50.0 Å². The lowest BCUT2D eigenvalue weighted by atomic mass is 9.99. The highest BCUT2D eigenvalue weighted by Gasteiger charge is 2.37. The van der Waals surface area contributed by atoms with Crippen molar-refractivity contribution < 1.29 is 8.39 Å². The molecule has 0 aliphatic rings. The Morgan fingerprint density at radius 2 is 0.450 bits per heavy atom. The molecular weight excluding hydrogens is 1400 g/mol. The first kappa shape index (κ1) is 76.3. The van der Waals surface area contributed by atoms with Crippen LogP contribution in [-0.2, 0) is 0 Å².